The molecule has 0 saturated heterocycles. The highest BCUT2D eigenvalue weighted by atomic mass is 32.2. The Bertz CT molecular complexity index is 263. The van der Waals surface area contributed by atoms with Gasteiger partial charge < -0.3 is 0 Å². The average molecular weight is 265 g/mol. The minimum Gasteiger partial charge on any atom is -0.221 e. The molecular formula is C16H27NS. The highest BCUT2D eigenvalue weighted by Gasteiger charge is 2.10. The van der Waals surface area contributed by atoms with Gasteiger partial charge in [0.25, 0.3) is 0 Å². The van der Waals surface area contributed by atoms with Crippen LogP contribution in [0, 0.1) is 0 Å². The second-order valence-corrected chi connectivity index (χ2v) is 6.42. The van der Waals surface area contributed by atoms with E-state index in [0.717, 1.165) is 0 Å². The Morgan fingerprint density at radius 2 is 1.50 bits per heavy atom. The number of rotatable bonds is 1. The molecule has 0 aromatic heterocycles. The third-order valence-electron chi connectivity index (χ3n) is 3.99. The molecule has 1 aliphatic heterocycles. The first-order valence-electron chi connectivity index (χ1n) is 7.85. The standard InChI is InChI=1S/C16H27NS/c1-2-4-8-12-15(11-7-3-1)16-13-9-5-6-10-14-18-17-16/h11H,1-10,12-14H2/b15-11+,17-16-. The van der Waals surface area contributed by atoms with Crippen molar-refractivity contribution in [2.45, 2.75) is 77.0 Å². The minimum absolute atomic E-state index is 1.22. The molecule has 0 amide bonds. The van der Waals surface area contributed by atoms with E-state index in [0.29, 0.717) is 0 Å². The molecule has 0 radical (unpaired) electrons. The van der Waals surface area contributed by atoms with E-state index >= 15 is 0 Å². The fourth-order valence-corrected chi connectivity index (χ4v) is 3.62. The lowest BCUT2D eigenvalue weighted by atomic mass is 9.98. The van der Waals surface area contributed by atoms with Gasteiger partial charge in [-0.1, -0.05) is 38.2 Å². The lowest BCUT2D eigenvalue weighted by Gasteiger charge is -2.10. The van der Waals surface area contributed by atoms with E-state index < -0.39 is 0 Å². The zero-order valence-corrected chi connectivity index (χ0v) is 12.4. The summed E-state index contributed by atoms with van der Waals surface area (Å²) in [4.78, 5) is 0. The van der Waals surface area contributed by atoms with Crippen LogP contribution in [-0.2, 0) is 0 Å². The zero-order chi connectivity index (χ0) is 12.5. The Kier molecular flexibility index (Phi) is 6.92. The maximum Gasteiger partial charge on any atom is 0.0515 e. The Balaban J connectivity index is 1.99. The van der Waals surface area contributed by atoms with E-state index in [4.69, 9.17) is 4.40 Å². The fourth-order valence-electron chi connectivity index (χ4n) is 2.83. The van der Waals surface area contributed by atoms with Crippen molar-refractivity contribution in [3.63, 3.8) is 0 Å². The lowest BCUT2D eigenvalue weighted by molar-refractivity contribution is 0.630. The summed E-state index contributed by atoms with van der Waals surface area (Å²) in [6.45, 7) is 0. The van der Waals surface area contributed by atoms with Gasteiger partial charge in [0.2, 0.25) is 0 Å². The average Bonchev–Trinajstić information content (AvgIpc) is 2.61. The quantitative estimate of drug-likeness (QED) is 0.553. The third kappa shape index (κ3) is 5.17. The Morgan fingerprint density at radius 3 is 2.44 bits per heavy atom. The van der Waals surface area contributed by atoms with Gasteiger partial charge in [-0.25, -0.2) is 4.40 Å². The first-order valence-corrected chi connectivity index (χ1v) is 8.79. The van der Waals surface area contributed by atoms with Gasteiger partial charge in [-0.2, -0.15) is 0 Å². The van der Waals surface area contributed by atoms with Crippen LogP contribution < -0.4 is 0 Å². The van der Waals surface area contributed by atoms with Gasteiger partial charge in [-0.05, 0) is 62.5 Å². The van der Waals surface area contributed by atoms with Crippen LogP contribution in [0.1, 0.15) is 77.0 Å². The topological polar surface area (TPSA) is 12.4 Å². The molecule has 1 nitrogen and oxygen atoms in total. The molecule has 0 aromatic carbocycles. The highest BCUT2D eigenvalue weighted by Crippen LogP contribution is 2.23. The molecule has 1 aliphatic carbocycles. The maximum atomic E-state index is 4.83. The Morgan fingerprint density at radius 1 is 0.778 bits per heavy atom. The van der Waals surface area contributed by atoms with Gasteiger partial charge in [-0.15, -0.1) is 0 Å². The van der Waals surface area contributed by atoms with Crippen LogP contribution in [0.25, 0.3) is 0 Å². The van der Waals surface area contributed by atoms with Crippen LogP contribution in [0.2, 0.25) is 0 Å². The van der Waals surface area contributed by atoms with Crippen molar-refractivity contribution in [2.75, 3.05) is 5.75 Å². The monoisotopic (exact) mass is 265 g/mol. The second-order valence-electron chi connectivity index (χ2n) is 5.57. The molecule has 0 spiro atoms. The predicted molar refractivity (Wildman–Crippen MR) is 83.4 cm³/mol. The van der Waals surface area contributed by atoms with E-state index in [2.05, 4.69) is 6.08 Å². The summed E-state index contributed by atoms with van der Waals surface area (Å²) in [5.41, 5.74) is 3.02. The van der Waals surface area contributed by atoms with Crippen molar-refractivity contribution in [3.8, 4) is 0 Å². The molecule has 0 unspecified atom stereocenters. The first kappa shape index (κ1) is 14.2. The molecule has 2 aliphatic rings. The third-order valence-corrected chi connectivity index (χ3v) is 4.81. The molecule has 2 rings (SSSR count). The van der Waals surface area contributed by atoms with Crippen LogP contribution >= 0.6 is 11.9 Å². The minimum atomic E-state index is 1.22. The Hall–Kier alpha value is -0.240. The van der Waals surface area contributed by atoms with Gasteiger partial charge in [0.05, 0.1) is 5.71 Å². The SMILES string of the molecule is C1=C(/C2=N\SCCCCCC2)CCCCCCC/1. The molecule has 0 atom stereocenters. The molecule has 0 aromatic rings. The first-order chi connectivity index (χ1) is 8.97. The molecule has 102 valence electrons. The fraction of sp³-hybridized carbons (Fsp3) is 0.812. The van der Waals surface area contributed by atoms with Crippen molar-refractivity contribution in [1.82, 2.24) is 0 Å². The molecule has 18 heavy (non-hydrogen) atoms. The van der Waals surface area contributed by atoms with E-state index in [1.54, 1.807) is 5.57 Å². The van der Waals surface area contributed by atoms with E-state index in [-0.39, 0.29) is 0 Å². The largest absolute Gasteiger partial charge is 0.221 e. The number of allylic oxidation sites excluding steroid dienone is 2. The van der Waals surface area contributed by atoms with Crippen molar-refractivity contribution in [1.29, 1.82) is 0 Å². The van der Waals surface area contributed by atoms with Crippen molar-refractivity contribution >= 4 is 17.7 Å². The van der Waals surface area contributed by atoms with Gasteiger partial charge in [0.1, 0.15) is 0 Å². The van der Waals surface area contributed by atoms with Crippen molar-refractivity contribution in [2.24, 2.45) is 4.40 Å². The molecule has 0 saturated carbocycles. The van der Waals surface area contributed by atoms with Crippen molar-refractivity contribution < 1.29 is 0 Å². The van der Waals surface area contributed by atoms with Gasteiger partial charge in [0, 0.05) is 5.75 Å². The van der Waals surface area contributed by atoms with Crippen LogP contribution in [0.4, 0.5) is 0 Å². The van der Waals surface area contributed by atoms with Gasteiger partial charge in [-0.3, -0.25) is 0 Å². The van der Waals surface area contributed by atoms with E-state index in [9.17, 15) is 0 Å². The van der Waals surface area contributed by atoms with Gasteiger partial charge >= 0.3 is 0 Å². The molecular weight excluding hydrogens is 238 g/mol. The summed E-state index contributed by atoms with van der Waals surface area (Å²) < 4.78 is 4.83. The molecule has 0 bridgehead atoms. The smallest absolute Gasteiger partial charge is 0.0515 e. The van der Waals surface area contributed by atoms with Crippen LogP contribution in [-0.4, -0.2) is 11.5 Å². The molecule has 1 heterocycles. The molecule has 2 heteroatoms. The van der Waals surface area contributed by atoms with Crippen molar-refractivity contribution in [3.05, 3.63) is 11.6 Å². The highest BCUT2D eigenvalue weighted by molar-refractivity contribution is 7.98. The number of nitrogens with zero attached hydrogens (tertiary/aromatic N) is 1. The normalized spacial score (nSPS) is 30.2. The Labute approximate surface area is 117 Å². The molecule has 0 fully saturated rings. The van der Waals surface area contributed by atoms with Crippen LogP contribution in [0.5, 0.6) is 0 Å². The van der Waals surface area contributed by atoms with Crippen LogP contribution in [0.3, 0.4) is 0 Å². The van der Waals surface area contributed by atoms with Gasteiger partial charge in [0.15, 0.2) is 0 Å². The number of hydrogen-bond donors (Lipinski definition) is 0. The lowest BCUT2D eigenvalue weighted by Crippen LogP contribution is -2.03. The summed E-state index contributed by atoms with van der Waals surface area (Å²) in [6, 6.07) is 0. The zero-order valence-electron chi connectivity index (χ0n) is 11.6. The summed E-state index contributed by atoms with van der Waals surface area (Å²) in [5, 5.41) is 0. The summed E-state index contributed by atoms with van der Waals surface area (Å²) in [6.07, 6.45) is 18.8. The van der Waals surface area contributed by atoms with Crippen LogP contribution in [0.15, 0.2) is 16.0 Å². The summed E-state index contributed by atoms with van der Waals surface area (Å²) >= 11 is 1.81. The predicted octanol–water partition coefficient (Wildman–Crippen LogP) is 5.71. The number of hydrogen-bond acceptors (Lipinski definition) is 2. The van der Waals surface area contributed by atoms with E-state index in [1.165, 1.54) is 88.5 Å². The maximum absolute atomic E-state index is 4.83. The molecule has 0 N–H and O–H groups in total. The summed E-state index contributed by atoms with van der Waals surface area (Å²) in [7, 11) is 0. The summed E-state index contributed by atoms with van der Waals surface area (Å²) in [5.74, 6) is 1.22. The van der Waals surface area contributed by atoms with E-state index in [1.807, 2.05) is 11.9 Å². The second kappa shape index (κ2) is 8.79.